The van der Waals surface area contributed by atoms with Crippen LogP contribution in [0.3, 0.4) is 0 Å². The molecule has 2 saturated carbocycles. The maximum atomic E-state index is 11.6. The lowest BCUT2D eigenvalue weighted by atomic mass is 9.96. The van der Waals surface area contributed by atoms with Gasteiger partial charge in [0.15, 0.2) is 0 Å². The Hall–Kier alpha value is -0.570. The Kier molecular flexibility index (Phi) is 3.29. The molecule has 4 unspecified atom stereocenters. The molecule has 86 valence electrons. The van der Waals surface area contributed by atoms with Crippen molar-refractivity contribution in [2.45, 2.75) is 32.6 Å². The number of hydrogen-bond donors (Lipinski definition) is 2. The zero-order chi connectivity index (χ0) is 10.8. The fraction of sp³-hybridized carbons (Fsp3) is 0.917. The molecule has 0 saturated heterocycles. The van der Waals surface area contributed by atoms with Crippen molar-refractivity contribution in [3.63, 3.8) is 0 Å². The Labute approximate surface area is 91.8 Å². The van der Waals surface area contributed by atoms with Crippen molar-refractivity contribution >= 4 is 5.91 Å². The van der Waals surface area contributed by atoms with Crippen molar-refractivity contribution in [2.24, 2.45) is 29.4 Å². The zero-order valence-electron chi connectivity index (χ0n) is 9.54. The summed E-state index contributed by atoms with van der Waals surface area (Å²) >= 11 is 0. The highest BCUT2D eigenvalue weighted by molar-refractivity contribution is 5.81. The molecule has 0 radical (unpaired) electrons. The number of rotatable bonds is 4. The Balaban J connectivity index is 1.70. The molecule has 0 aromatic heterocycles. The quantitative estimate of drug-likeness (QED) is 0.731. The van der Waals surface area contributed by atoms with E-state index in [1.54, 1.807) is 0 Å². The van der Waals surface area contributed by atoms with Crippen LogP contribution in [0.2, 0.25) is 0 Å². The highest BCUT2D eigenvalue weighted by Crippen LogP contribution is 2.38. The van der Waals surface area contributed by atoms with Crippen LogP contribution >= 0.6 is 0 Å². The Morgan fingerprint density at radius 3 is 2.67 bits per heavy atom. The van der Waals surface area contributed by atoms with E-state index in [2.05, 4.69) is 12.2 Å². The maximum absolute atomic E-state index is 11.6. The molecular weight excluding hydrogens is 188 g/mol. The third-order valence-corrected chi connectivity index (χ3v) is 4.10. The van der Waals surface area contributed by atoms with Crippen LogP contribution in [-0.4, -0.2) is 19.0 Å². The molecule has 1 amide bonds. The summed E-state index contributed by atoms with van der Waals surface area (Å²) in [7, 11) is 0. The van der Waals surface area contributed by atoms with E-state index in [1.165, 1.54) is 19.3 Å². The minimum Gasteiger partial charge on any atom is -0.356 e. The van der Waals surface area contributed by atoms with E-state index in [0.717, 1.165) is 19.5 Å². The normalized spacial score (nSPS) is 39.1. The molecule has 2 aliphatic carbocycles. The van der Waals surface area contributed by atoms with Gasteiger partial charge in [0.1, 0.15) is 0 Å². The molecule has 0 spiro atoms. The number of carbonyl (C=O) groups excluding carboxylic acids is 1. The van der Waals surface area contributed by atoms with Gasteiger partial charge in [-0.1, -0.05) is 13.3 Å². The first-order valence-electron chi connectivity index (χ1n) is 6.20. The van der Waals surface area contributed by atoms with Crippen molar-refractivity contribution in [1.29, 1.82) is 0 Å². The average molecular weight is 210 g/mol. The number of amides is 1. The van der Waals surface area contributed by atoms with Gasteiger partial charge in [0.2, 0.25) is 5.91 Å². The fourth-order valence-corrected chi connectivity index (χ4v) is 2.74. The van der Waals surface area contributed by atoms with Crippen LogP contribution in [0.5, 0.6) is 0 Å². The molecule has 0 heterocycles. The predicted octanol–water partition coefficient (Wildman–Crippen LogP) is 1.13. The summed E-state index contributed by atoms with van der Waals surface area (Å²) in [5, 5.41) is 3.09. The Morgan fingerprint density at radius 1 is 1.40 bits per heavy atom. The van der Waals surface area contributed by atoms with Gasteiger partial charge in [0.25, 0.3) is 0 Å². The molecule has 3 nitrogen and oxygen atoms in total. The molecule has 2 aliphatic rings. The van der Waals surface area contributed by atoms with Gasteiger partial charge in [0.05, 0.1) is 0 Å². The predicted molar refractivity (Wildman–Crippen MR) is 60.2 cm³/mol. The lowest BCUT2D eigenvalue weighted by Crippen LogP contribution is -2.33. The molecule has 2 fully saturated rings. The topological polar surface area (TPSA) is 55.1 Å². The monoisotopic (exact) mass is 210 g/mol. The smallest absolute Gasteiger partial charge is 0.223 e. The number of nitrogens with one attached hydrogen (secondary N) is 1. The summed E-state index contributed by atoms with van der Waals surface area (Å²) < 4.78 is 0. The molecule has 0 aromatic carbocycles. The summed E-state index contributed by atoms with van der Waals surface area (Å²) in [4.78, 5) is 11.6. The van der Waals surface area contributed by atoms with E-state index >= 15 is 0 Å². The third kappa shape index (κ3) is 2.51. The van der Waals surface area contributed by atoms with Crippen LogP contribution < -0.4 is 11.1 Å². The van der Waals surface area contributed by atoms with E-state index in [-0.39, 0.29) is 5.91 Å². The molecule has 3 N–H and O–H groups in total. The van der Waals surface area contributed by atoms with Gasteiger partial charge >= 0.3 is 0 Å². The second kappa shape index (κ2) is 4.52. The van der Waals surface area contributed by atoms with Gasteiger partial charge in [-0.05, 0) is 43.6 Å². The maximum Gasteiger partial charge on any atom is 0.223 e. The summed E-state index contributed by atoms with van der Waals surface area (Å²) in [5.74, 6) is 2.46. The Morgan fingerprint density at radius 2 is 2.07 bits per heavy atom. The number of hydrogen-bond acceptors (Lipinski definition) is 2. The van der Waals surface area contributed by atoms with Crippen LogP contribution in [0.1, 0.15) is 32.6 Å². The van der Waals surface area contributed by atoms with Gasteiger partial charge in [-0.2, -0.15) is 0 Å². The molecule has 15 heavy (non-hydrogen) atoms. The summed E-state index contributed by atoms with van der Waals surface area (Å²) in [6.45, 7) is 3.77. The van der Waals surface area contributed by atoms with Gasteiger partial charge in [0, 0.05) is 12.5 Å². The number of carbonyl (C=O) groups is 1. The van der Waals surface area contributed by atoms with Gasteiger partial charge in [-0.15, -0.1) is 0 Å². The second-order valence-electron chi connectivity index (χ2n) is 5.25. The van der Waals surface area contributed by atoms with Crippen LogP contribution in [0.15, 0.2) is 0 Å². The lowest BCUT2D eigenvalue weighted by Gasteiger charge is -2.18. The lowest BCUT2D eigenvalue weighted by molar-refractivity contribution is -0.122. The van der Waals surface area contributed by atoms with E-state index < -0.39 is 0 Å². The minimum absolute atomic E-state index is 0.269. The van der Waals surface area contributed by atoms with Crippen molar-refractivity contribution < 1.29 is 4.79 Å². The molecule has 0 aromatic rings. The zero-order valence-corrected chi connectivity index (χ0v) is 9.54. The Bertz CT molecular complexity index is 242. The highest BCUT2D eigenvalue weighted by atomic mass is 16.2. The van der Waals surface area contributed by atoms with Crippen LogP contribution in [0.25, 0.3) is 0 Å². The largest absolute Gasteiger partial charge is 0.356 e. The van der Waals surface area contributed by atoms with Crippen molar-refractivity contribution in [1.82, 2.24) is 5.32 Å². The van der Waals surface area contributed by atoms with Crippen molar-refractivity contribution in [2.75, 3.05) is 13.1 Å². The van der Waals surface area contributed by atoms with E-state index in [0.29, 0.717) is 23.7 Å². The third-order valence-electron chi connectivity index (χ3n) is 4.10. The SMILES string of the molecule is CC1CC1C(=O)NCC1CCCC1CN. The van der Waals surface area contributed by atoms with Gasteiger partial charge in [-0.25, -0.2) is 0 Å². The summed E-state index contributed by atoms with van der Waals surface area (Å²) in [6.07, 6.45) is 4.85. The number of nitrogens with two attached hydrogens (primary N) is 1. The molecule has 3 heteroatoms. The summed E-state index contributed by atoms with van der Waals surface area (Å²) in [6, 6.07) is 0. The average Bonchev–Trinajstić information content (AvgIpc) is 2.81. The van der Waals surface area contributed by atoms with Crippen LogP contribution in [-0.2, 0) is 4.79 Å². The molecular formula is C12H22N2O. The first kappa shape index (κ1) is 10.9. The fourth-order valence-electron chi connectivity index (χ4n) is 2.74. The molecule has 0 aliphatic heterocycles. The minimum atomic E-state index is 0.269. The molecule has 4 atom stereocenters. The van der Waals surface area contributed by atoms with Crippen molar-refractivity contribution in [3.8, 4) is 0 Å². The summed E-state index contributed by atoms with van der Waals surface area (Å²) in [5.41, 5.74) is 5.71. The highest BCUT2D eigenvalue weighted by Gasteiger charge is 2.39. The van der Waals surface area contributed by atoms with E-state index in [1.807, 2.05) is 0 Å². The molecule has 0 bridgehead atoms. The standard InChI is InChI=1S/C12H22N2O/c1-8-5-11(8)12(15)14-7-10-4-2-3-9(10)6-13/h8-11H,2-7,13H2,1H3,(H,14,15). The van der Waals surface area contributed by atoms with E-state index in [9.17, 15) is 4.79 Å². The van der Waals surface area contributed by atoms with Crippen molar-refractivity contribution in [3.05, 3.63) is 0 Å². The van der Waals surface area contributed by atoms with E-state index in [4.69, 9.17) is 5.73 Å². The van der Waals surface area contributed by atoms with Gasteiger partial charge < -0.3 is 11.1 Å². The van der Waals surface area contributed by atoms with Crippen LogP contribution in [0, 0.1) is 23.7 Å². The first-order chi connectivity index (χ1) is 7.22. The van der Waals surface area contributed by atoms with Gasteiger partial charge in [-0.3, -0.25) is 4.79 Å². The second-order valence-corrected chi connectivity index (χ2v) is 5.25. The first-order valence-corrected chi connectivity index (χ1v) is 6.20. The molecule has 2 rings (SSSR count). The van der Waals surface area contributed by atoms with Crippen LogP contribution in [0.4, 0.5) is 0 Å².